The number of rotatable bonds is 7. The Kier molecular flexibility index (Phi) is 6.78. The molecule has 0 aliphatic rings. The molecule has 2 aromatic carbocycles. The van der Waals surface area contributed by atoms with Crippen molar-refractivity contribution in [1.82, 2.24) is 4.68 Å². The molecule has 0 spiro atoms. The Hall–Kier alpha value is -3.98. The fourth-order valence-corrected chi connectivity index (χ4v) is 3.55. The van der Waals surface area contributed by atoms with Gasteiger partial charge < -0.3 is 15.6 Å². The summed E-state index contributed by atoms with van der Waals surface area (Å²) in [4.78, 5) is 28.3. The van der Waals surface area contributed by atoms with E-state index in [0.29, 0.717) is 28.2 Å². The smallest absolute Gasteiger partial charge is 0.337 e. The average molecular weight is 436 g/mol. The number of ether oxygens (including phenoxy) is 1. The van der Waals surface area contributed by atoms with Gasteiger partial charge in [0, 0.05) is 10.9 Å². The molecule has 3 N–H and O–H groups in total. The van der Waals surface area contributed by atoms with Gasteiger partial charge in [-0.2, -0.15) is 5.10 Å². The van der Waals surface area contributed by atoms with Gasteiger partial charge in [-0.1, -0.05) is 18.2 Å². The number of aromatic nitrogens is 1. The van der Waals surface area contributed by atoms with E-state index in [1.165, 1.54) is 30.6 Å². The Balaban J connectivity index is 2.04. The molecular formula is C22H20N4O4S. The number of primary amides is 1. The molecule has 1 aromatic heterocycles. The maximum Gasteiger partial charge on any atom is 0.337 e. The van der Waals surface area contributed by atoms with Gasteiger partial charge in [0.1, 0.15) is 5.75 Å². The Bertz CT molecular complexity index is 1220. The van der Waals surface area contributed by atoms with Crippen LogP contribution in [0.5, 0.6) is 5.75 Å². The number of carbonyl (C=O) groups excluding carboxylic acids is 2. The predicted octanol–water partition coefficient (Wildman–Crippen LogP) is 2.78. The summed E-state index contributed by atoms with van der Waals surface area (Å²) in [6.45, 7) is 4.09. The van der Waals surface area contributed by atoms with Crippen LogP contribution in [0.15, 0.2) is 70.6 Å². The van der Waals surface area contributed by atoms with Gasteiger partial charge >= 0.3 is 5.97 Å². The number of esters is 1. The third kappa shape index (κ3) is 4.96. The van der Waals surface area contributed by atoms with Crippen LogP contribution in [0.1, 0.15) is 26.3 Å². The maximum atomic E-state index is 11.6. The summed E-state index contributed by atoms with van der Waals surface area (Å²) in [6, 6.07) is 11.4. The molecule has 8 nitrogen and oxygen atoms in total. The SMILES string of the molecule is C=CCN=c1scc(-c2ccc(O)c(C(N)=O)c2)n1N=Cc1ccc(C(=O)OC)cc1. The Morgan fingerprint density at radius 2 is 2.00 bits per heavy atom. The number of nitrogens with two attached hydrogens (primary N) is 1. The van der Waals surface area contributed by atoms with Crippen LogP contribution in [0.3, 0.4) is 0 Å². The lowest BCUT2D eigenvalue weighted by Crippen LogP contribution is -2.13. The van der Waals surface area contributed by atoms with Crippen molar-refractivity contribution in [3.63, 3.8) is 0 Å². The van der Waals surface area contributed by atoms with Crippen LogP contribution in [0.25, 0.3) is 11.3 Å². The minimum atomic E-state index is -0.730. The fraction of sp³-hybridized carbons (Fsp3) is 0.0909. The van der Waals surface area contributed by atoms with Gasteiger partial charge in [0.25, 0.3) is 5.91 Å². The van der Waals surface area contributed by atoms with Crippen LogP contribution in [0.4, 0.5) is 0 Å². The molecule has 0 saturated carbocycles. The van der Waals surface area contributed by atoms with E-state index in [4.69, 9.17) is 10.5 Å². The second-order valence-electron chi connectivity index (χ2n) is 6.30. The highest BCUT2D eigenvalue weighted by Crippen LogP contribution is 2.26. The first kappa shape index (κ1) is 21.7. The number of benzene rings is 2. The molecule has 0 atom stereocenters. The number of hydrogen-bond acceptors (Lipinski definition) is 7. The topological polar surface area (TPSA) is 119 Å². The number of carbonyl (C=O) groups is 2. The van der Waals surface area contributed by atoms with Crippen molar-refractivity contribution in [3.8, 4) is 17.0 Å². The van der Waals surface area contributed by atoms with Crippen molar-refractivity contribution in [2.75, 3.05) is 13.7 Å². The lowest BCUT2D eigenvalue weighted by molar-refractivity contribution is 0.0600. The van der Waals surface area contributed by atoms with Crippen molar-refractivity contribution in [2.45, 2.75) is 0 Å². The zero-order valence-electron chi connectivity index (χ0n) is 16.7. The molecule has 0 radical (unpaired) electrons. The van der Waals surface area contributed by atoms with Gasteiger partial charge in [-0.25, -0.2) is 9.47 Å². The third-order valence-electron chi connectivity index (χ3n) is 4.25. The molecule has 0 bridgehead atoms. The van der Waals surface area contributed by atoms with E-state index in [-0.39, 0.29) is 11.3 Å². The molecule has 0 saturated heterocycles. The highest BCUT2D eigenvalue weighted by molar-refractivity contribution is 7.07. The summed E-state index contributed by atoms with van der Waals surface area (Å²) in [5.74, 6) is -1.34. The second-order valence-corrected chi connectivity index (χ2v) is 7.14. The first-order valence-electron chi connectivity index (χ1n) is 9.12. The molecule has 0 unspecified atom stereocenters. The molecule has 0 aliphatic carbocycles. The van der Waals surface area contributed by atoms with Crippen molar-refractivity contribution in [3.05, 3.63) is 82.0 Å². The largest absolute Gasteiger partial charge is 0.507 e. The minimum Gasteiger partial charge on any atom is -0.507 e. The molecule has 3 aromatic rings. The van der Waals surface area contributed by atoms with Gasteiger partial charge in [0.15, 0.2) is 0 Å². The Labute approximate surface area is 182 Å². The van der Waals surface area contributed by atoms with Crippen molar-refractivity contribution < 1.29 is 19.4 Å². The zero-order chi connectivity index (χ0) is 22.4. The Morgan fingerprint density at radius 1 is 1.26 bits per heavy atom. The summed E-state index contributed by atoms with van der Waals surface area (Å²) in [5, 5.41) is 16.3. The number of amides is 1. The van der Waals surface area contributed by atoms with E-state index < -0.39 is 11.9 Å². The van der Waals surface area contributed by atoms with E-state index in [0.717, 1.165) is 5.56 Å². The zero-order valence-corrected chi connectivity index (χ0v) is 17.5. The maximum absolute atomic E-state index is 11.6. The van der Waals surface area contributed by atoms with Crippen LogP contribution in [0.2, 0.25) is 0 Å². The molecule has 0 aliphatic heterocycles. The van der Waals surface area contributed by atoms with Crippen LogP contribution in [-0.4, -0.2) is 41.5 Å². The summed E-state index contributed by atoms with van der Waals surface area (Å²) < 4.78 is 6.33. The van der Waals surface area contributed by atoms with Gasteiger partial charge in [0.2, 0.25) is 4.80 Å². The molecule has 1 heterocycles. The molecule has 1 amide bonds. The first-order valence-corrected chi connectivity index (χ1v) is 10.0. The quantitative estimate of drug-likeness (QED) is 0.336. The van der Waals surface area contributed by atoms with E-state index in [2.05, 4.69) is 16.7 Å². The van der Waals surface area contributed by atoms with Crippen LogP contribution < -0.4 is 10.5 Å². The van der Waals surface area contributed by atoms with E-state index in [9.17, 15) is 14.7 Å². The van der Waals surface area contributed by atoms with Gasteiger partial charge in [-0.05, 0) is 35.9 Å². The normalized spacial score (nSPS) is 11.6. The molecule has 9 heteroatoms. The molecule has 3 rings (SSSR count). The number of methoxy groups -OCH3 is 1. The summed E-state index contributed by atoms with van der Waals surface area (Å²) in [5.41, 5.74) is 7.87. The fourth-order valence-electron chi connectivity index (χ4n) is 2.70. The van der Waals surface area contributed by atoms with Gasteiger partial charge in [-0.3, -0.25) is 9.79 Å². The lowest BCUT2D eigenvalue weighted by Gasteiger charge is -2.07. The molecule has 31 heavy (non-hydrogen) atoms. The van der Waals surface area contributed by atoms with E-state index in [1.54, 1.807) is 47.3 Å². The second kappa shape index (κ2) is 9.68. The first-order chi connectivity index (χ1) is 14.9. The van der Waals surface area contributed by atoms with Gasteiger partial charge in [-0.15, -0.1) is 17.9 Å². The summed E-state index contributed by atoms with van der Waals surface area (Å²) >= 11 is 1.37. The number of nitrogens with zero attached hydrogens (tertiary/aromatic N) is 3. The van der Waals surface area contributed by atoms with Crippen molar-refractivity contribution in [2.24, 2.45) is 15.8 Å². The number of aromatic hydroxyl groups is 1. The average Bonchev–Trinajstić information content (AvgIpc) is 3.18. The number of hydrogen-bond donors (Lipinski definition) is 2. The number of thiazole rings is 1. The van der Waals surface area contributed by atoms with Gasteiger partial charge in [0.05, 0.1) is 36.7 Å². The third-order valence-corrected chi connectivity index (χ3v) is 5.11. The van der Waals surface area contributed by atoms with Crippen LogP contribution in [0, 0.1) is 0 Å². The highest BCUT2D eigenvalue weighted by Gasteiger charge is 2.13. The van der Waals surface area contributed by atoms with Crippen molar-refractivity contribution >= 4 is 29.4 Å². The summed E-state index contributed by atoms with van der Waals surface area (Å²) in [6.07, 6.45) is 3.30. The van der Waals surface area contributed by atoms with Crippen LogP contribution >= 0.6 is 11.3 Å². The molecular weight excluding hydrogens is 416 g/mol. The highest BCUT2D eigenvalue weighted by atomic mass is 32.1. The summed E-state index contributed by atoms with van der Waals surface area (Å²) in [7, 11) is 1.33. The molecule has 158 valence electrons. The molecule has 0 fully saturated rings. The number of phenols is 1. The minimum absolute atomic E-state index is 0.0159. The lowest BCUT2D eigenvalue weighted by atomic mass is 10.1. The van der Waals surface area contributed by atoms with E-state index >= 15 is 0 Å². The predicted molar refractivity (Wildman–Crippen MR) is 119 cm³/mol. The van der Waals surface area contributed by atoms with E-state index in [1.807, 2.05) is 5.38 Å². The Morgan fingerprint density at radius 3 is 2.65 bits per heavy atom. The standard InChI is InChI=1S/C22H20N4O4S/c1-3-10-24-22-26(25-12-14-4-6-15(7-5-14)21(29)30-2)18(13-31-22)16-8-9-19(27)17(11-16)20(23)28/h3-9,11-13,27H,1,10H2,2H3,(H2,23,28). The van der Waals surface area contributed by atoms with Crippen LogP contribution in [-0.2, 0) is 4.74 Å². The monoisotopic (exact) mass is 436 g/mol. The van der Waals surface area contributed by atoms with Crippen molar-refractivity contribution in [1.29, 1.82) is 0 Å².